The third-order valence-corrected chi connectivity index (χ3v) is 5.26. The predicted octanol–water partition coefficient (Wildman–Crippen LogP) is 2.73. The number of esters is 1. The maximum Gasteiger partial charge on any atom is 0.337 e. The molecule has 0 aliphatic carbocycles. The molecule has 0 unspecified atom stereocenters. The summed E-state index contributed by atoms with van der Waals surface area (Å²) in [7, 11) is 1.29. The smallest absolute Gasteiger partial charge is 0.337 e. The molecule has 7 nitrogen and oxygen atoms in total. The highest BCUT2D eigenvalue weighted by atomic mass is 32.2. The fourth-order valence-electron chi connectivity index (χ4n) is 2.86. The minimum absolute atomic E-state index is 0.0983. The molecule has 0 amide bonds. The standard InChI is InChI=1S/C21H19N3O4S/c1-13(25)11-24-19(26)17-7-6-16(20(27)28-2)9-18(17)23-21(24)29-12-15-5-3-4-14(8-15)10-22/h3-9,13,25H,11-12H2,1-2H3/t13-/m1/s1. The van der Waals surface area contributed by atoms with Crippen molar-refractivity contribution in [1.29, 1.82) is 5.26 Å². The van der Waals surface area contributed by atoms with E-state index in [2.05, 4.69) is 11.1 Å². The van der Waals surface area contributed by atoms with Gasteiger partial charge in [0.1, 0.15) is 0 Å². The molecule has 0 fully saturated rings. The molecule has 1 atom stereocenters. The van der Waals surface area contributed by atoms with Crippen molar-refractivity contribution in [3.8, 4) is 6.07 Å². The van der Waals surface area contributed by atoms with Crippen LogP contribution in [0.3, 0.4) is 0 Å². The lowest BCUT2D eigenvalue weighted by atomic mass is 10.1. The van der Waals surface area contributed by atoms with Crippen molar-refractivity contribution in [2.45, 2.75) is 30.5 Å². The first kappa shape index (κ1) is 20.6. The van der Waals surface area contributed by atoms with Crippen LogP contribution in [0.4, 0.5) is 0 Å². The number of benzene rings is 2. The molecule has 3 rings (SSSR count). The fraction of sp³-hybridized carbons (Fsp3) is 0.238. The second-order valence-electron chi connectivity index (χ2n) is 6.48. The number of rotatable bonds is 6. The molecule has 1 heterocycles. The Balaban J connectivity index is 2.05. The van der Waals surface area contributed by atoms with Gasteiger partial charge in [0.15, 0.2) is 5.16 Å². The molecule has 29 heavy (non-hydrogen) atoms. The molecule has 3 aromatic rings. The van der Waals surface area contributed by atoms with E-state index in [1.807, 2.05) is 6.07 Å². The summed E-state index contributed by atoms with van der Waals surface area (Å²) in [6, 6.07) is 13.9. The molecule has 0 bridgehead atoms. The number of ether oxygens (including phenoxy) is 1. The van der Waals surface area contributed by atoms with Gasteiger partial charge in [0.25, 0.3) is 5.56 Å². The number of nitriles is 1. The maximum absolute atomic E-state index is 13.0. The van der Waals surface area contributed by atoms with E-state index in [1.165, 1.54) is 35.6 Å². The highest BCUT2D eigenvalue weighted by Crippen LogP contribution is 2.23. The quantitative estimate of drug-likeness (QED) is 0.379. The molecular formula is C21H19N3O4S. The Morgan fingerprint density at radius 2 is 2.14 bits per heavy atom. The lowest BCUT2D eigenvalue weighted by Gasteiger charge is -2.15. The summed E-state index contributed by atoms with van der Waals surface area (Å²) < 4.78 is 6.17. The predicted molar refractivity (Wildman–Crippen MR) is 110 cm³/mol. The van der Waals surface area contributed by atoms with Gasteiger partial charge >= 0.3 is 5.97 Å². The highest BCUT2D eigenvalue weighted by Gasteiger charge is 2.15. The number of aliphatic hydroxyl groups is 1. The van der Waals surface area contributed by atoms with Crippen molar-refractivity contribution in [3.05, 3.63) is 69.5 Å². The third kappa shape index (κ3) is 4.65. The molecule has 2 aromatic carbocycles. The van der Waals surface area contributed by atoms with Crippen LogP contribution < -0.4 is 5.56 Å². The lowest BCUT2D eigenvalue weighted by Crippen LogP contribution is -2.28. The third-order valence-electron chi connectivity index (χ3n) is 4.21. The number of hydrogen-bond donors (Lipinski definition) is 1. The van der Waals surface area contributed by atoms with E-state index in [1.54, 1.807) is 31.2 Å². The van der Waals surface area contributed by atoms with Gasteiger partial charge in [0.05, 0.1) is 47.9 Å². The van der Waals surface area contributed by atoms with Gasteiger partial charge in [-0.3, -0.25) is 9.36 Å². The van der Waals surface area contributed by atoms with Crippen LogP contribution in [0.2, 0.25) is 0 Å². The first-order chi connectivity index (χ1) is 13.9. The molecule has 0 saturated heterocycles. The first-order valence-electron chi connectivity index (χ1n) is 8.85. The average molecular weight is 409 g/mol. The van der Waals surface area contributed by atoms with Crippen LogP contribution in [-0.2, 0) is 17.0 Å². The molecule has 1 N–H and O–H groups in total. The summed E-state index contributed by atoms with van der Waals surface area (Å²) in [5.74, 6) is -0.0198. The molecular weight excluding hydrogens is 390 g/mol. The number of hydrogen-bond acceptors (Lipinski definition) is 7. The van der Waals surface area contributed by atoms with Crippen molar-refractivity contribution in [2.75, 3.05) is 7.11 Å². The second kappa shape index (κ2) is 8.90. The maximum atomic E-state index is 13.0. The van der Waals surface area contributed by atoms with E-state index in [9.17, 15) is 14.7 Å². The number of aliphatic hydroxyl groups excluding tert-OH is 1. The van der Waals surface area contributed by atoms with Crippen LogP contribution in [0.1, 0.15) is 28.4 Å². The summed E-state index contributed by atoms with van der Waals surface area (Å²) >= 11 is 1.33. The molecule has 0 aliphatic rings. The summed E-state index contributed by atoms with van der Waals surface area (Å²) in [6.07, 6.45) is -0.734. The van der Waals surface area contributed by atoms with Gasteiger partial charge in [0, 0.05) is 5.75 Å². The zero-order valence-electron chi connectivity index (χ0n) is 16.0. The molecule has 148 valence electrons. The molecule has 0 radical (unpaired) electrons. The molecule has 0 saturated carbocycles. The van der Waals surface area contributed by atoms with E-state index in [-0.39, 0.29) is 12.1 Å². The Bertz CT molecular complexity index is 1160. The summed E-state index contributed by atoms with van der Waals surface area (Å²) in [5, 5.41) is 19.7. The van der Waals surface area contributed by atoms with Crippen molar-refractivity contribution in [1.82, 2.24) is 9.55 Å². The Morgan fingerprint density at radius 1 is 1.34 bits per heavy atom. The minimum atomic E-state index is -0.734. The highest BCUT2D eigenvalue weighted by molar-refractivity contribution is 7.98. The number of nitrogens with zero attached hydrogens (tertiary/aromatic N) is 3. The van der Waals surface area contributed by atoms with Crippen LogP contribution in [0.15, 0.2) is 52.4 Å². The zero-order valence-corrected chi connectivity index (χ0v) is 16.8. The van der Waals surface area contributed by atoms with Crippen LogP contribution >= 0.6 is 11.8 Å². The van der Waals surface area contributed by atoms with Crippen molar-refractivity contribution in [2.24, 2.45) is 0 Å². The topological polar surface area (TPSA) is 105 Å². The number of carbonyl (C=O) groups excluding carboxylic acids is 1. The number of methoxy groups -OCH3 is 1. The summed E-state index contributed by atoms with van der Waals surface area (Å²) in [5.41, 5.74) is 1.86. The Hall–Kier alpha value is -3.15. The van der Waals surface area contributed by atoms with Crippen LogP contribution in [0, 0.1) is 11.3 Å². The van der Waals surface area contributed by atoms with Crippen LogP contribution in [0.25, 0.3) is 10.9 Å². The van der Waals surface area contributed by atoms with Gasteiger partial charge in [-0.05, 0) is 42.8 Å². The van der Waals surface area contributed by atoms with E-state index in [0.717, 1.165) is 5.56 Å². The monoisotopic (exact) mass is 409 g/mol. The largest absolute Gasteiger partial charge is 0.465 e. The van der Waals surface area contributed by atoms with Gasteiger partial charge in [-0.2, -0.15) is 5.26 Å². The van der Waals surface area contributed by atoms with Crippen molar-refractivity contribution >= 4 is 28.6 Å². The SMILES string of the molecule is COC(=O)c1ccc2c(=O)n(C[C@@H](C)O)c(SCc3cccc(C#N)c3)nc2c1. The van der Waals surface area contributed by atoms with Crippen molar-refractivity contribution in [3.63, 3.8) is 0 Å². The van der Waals surface area contributed by atoms with Crippen molar-refractivity contribution < 1.29 is 14.6 Å². The number of fused-ring (bicyclic) bond motifs is 1. The van der Waals surface area contributed by atoms with E-state index < -0.39 is 12.1 Å². The first-order valence-corrected chi connectivity index (χ1v) is 9.84. The van der Waals surface area contributed by atoms with E-state index in [0.29, 0.717) is 32.9 Å². The molecule has 1 aromatic heterocycles. The number of aromatic nitrogens is 2. The average Bonchev–Trinajstić information content (AvgIpc) is 2.73. The van der Waals surface area contributed by atoms with Crippen LogP contribution in [-0.4, -0.2) is 33.8 Å². The van der Waals surface area contributed by atoms with Gasteiger partial charge in [-0.1, -0.05) is 23.9 Å². The molecule has 0 aliphatic heterocycles. The normalized spacial score (nSPS) is 11.8. The van der Waals surface area contributed by atoms with Gasteiger partial charge in [-0.15, -0.1) is 0 Å². The molecule has 0 spiro atoms. The fourth-order valence-corrected chi connectivity index (χ4v) is 3.81. The Kier molecular flexibility index (Phi) is 6.32. The van der Waals surface area contributed by atoms with Gasteiger partial charge in [0.2, 0.25) is 0 Å². The minimum Gasteiger partial charge on any atom is -0.465 e. The zero-order chi connectivity index (χ0) is 21.0. The van der Waals surface area contributed by atoms with Crippen LogP contribution in [0.5, 0.6) is 0 Å². The Labute approximate surface area is 171 Å². The lowest BCUT2D eigenvalue weighted by molar-refractivity contribution is 0.0601. The van der Waals surface area contributed by atoms with Gasteiger partial charge < -0.3 is 9.84 Å². The summed E-state index contributed by atoms with van der Waals surface area (Å²) in [4.78, 5) is 29.4. The second-order valence-corrected chi connectivity index (χ2v) is 7.43. The van der Waals surface area contributed by atoms with E-state index >= 15 is 0 Å². The number of thioether (sulfide) groups is 1. The summed E-state index contributed by atoms with van der Waals surface area (Å²) in [6.45, 7) is 1.70. The Morgan fingerprint density at radius 3 is 2.83 bits per heavy atom. The molecule has 8 heteroatoms. The van der Waals surface area contributed by atoms with E-state index in [4.69, 9.17) is 10.00 Å². The van der Waals surface area contributed by atoms with Gasteiger partial charge in [-0.25, -0.2) is 9.78 Å². The number of carbonyl (C=O) groups is 1.